The fraction of sp³-hybridized carbons (Fsp3) is 0.600. The van der Waals surface area contributed by atoms with Crippen molar-refractivity contribution >= 4 is 39.2 Å². The first-order chi connectivity index (χ1) is 28.1. The Labute approximate surface area is 356 Å². The van der Waals surface area contributed by atoms with Gasteiger partial charge in [0.15, 0.2) is 0 Å². The number of benzene rings is 2. The van der Waals surface area contributed by atoms with Crippen molar-refractivity contribution in [2.75, 3.05) is 26.4 Å². The third-order valence-electron chi connectivity index (χ3n) is 10.8. The molecule has 1 aliphatic rings. The third-order valence-corrected chi connectivity index (χ3v) is 13.1. The molecule has 3 N–H and O–H groups in total. The van der Waals surface area contributed by atoms with Crippen LogP contribution in [0.25, 0.3) is 10.4 Å². The number of aliphatic hydroxyl groups is 1. The Balaban J connectivity index is 1.07. The normalized spacial score (nSPS) is 16.8. The number of hydrogen-bond acceptors (Lipinski definition) is 10. The lowest BCUT2D eigenvalue weighted by atomic mass is 9.85. The fourth-order valence-electron chi connectivity index (χ4n) is 7.22. The molecule has 0 saturated carbocycles. The molecule has 14 heteroatoms. The smallest absolute Gasteiger partial charge is 0.296 e. The highest BCUT2D eigenvalue weighted by Gasteiger charge is 2.44. The monoisotopic (exact) mass is 854 g/mol. The van der Waals surface area contributed by atoms with E-state index in [1.807, 2.05) is 71.3 Å². The molecule has 3 aromatic rings. The highest BCUT2D eigenvalue weighted by Crippen LogP contribution is 2.30. The molecule has 326 valence electrons. The molecular formula is C45H66N4O8S2. The summed E-state index contributed by atoms with van der Waals surface area (Å²) in [6, 6.07) is 12.5. The zero-order chi connectivity index (χ0) is 43.0. The molecule has 0 spiro atoms. The van der Waals surface area contributed by atoms with E-state index in [9.17, 15) is 27.9 Å². The maximum absolute atomic E-state index is 14.0. The SMILES string of the molecule is Cc1ccc(S(=O)(=O)OCCCCCCCCCCCCCOCC(=O)NC(C(=O)N2C[C@H](O)C[C@H]2C(=O)NC(C)c2ccc(-c3scnc3C)cc2)C(C)(C)C)cc1. The van der Waals surface area contributed by atoms with Gasteiger partial charge in [-0.1, -0.05) is 121 Å². The Morgan fingerprint density at radius 3 is 2.00 bits per heavy atom. The lowest BCUT2D eigenvalue weighted by molar-refractivity contribution is -0.144. The van der Waals surface area contributed by atoms with Crippen LogP contribution in [0.3, 0.4) is 0 Å². The predicted molar refractivity (Wildman–Crippen MR) is 232 cm³/mol. The molecule has 59 heavy (non-hydrogen) atoms. The van der Waals surface area contributed by atoms with Crippen molar-refractivity contribution in [1.82, 2.24) is 20.5 Å². The summed E-state index contributed by atoms with van der Waals surface area (Å²) in [5.74, 6) is -1.15. The number of thiazole rings is 1. The Morgan fingerprint density at radius 2 is 1.44 bits per heavy atom. The molecule has 4 rings (SSSR count). The highest BCUT2D eigenvalue weighted by atomic mass is 32.2. The first kappa shape index (κ1) is 48.0. The summed E-state index contributed by atoms with van der Waals surface area (Å²) in [4.78, 5) is 47.5. The van der Waals surface area contributed by atoms with E-state index in [2.05, 4.69) is 15.6 Å². The summed E-state index contributed by atoms with van der Waals surface area (Å²) in [6.07, 6.45) is 10.7. The Bertz CT molecular complexity index is 1880. The minimum Gasteiger partial charge on any atom is -0.391 e. The average Bonchev–Trinajstić information content (AvgIpc) is 3.81. The van der Waals surface area contributed by atoms with Gasteiger partial charge in [0.1, 0.15) is 18.7 Å². The van der Waals surface area contributed by atoms with Gasteiger partial charge in [-0.15, -0.1) is 11.3 Å². The summed E-state index contributed by atoms with van der Waals surface area (Å²) in [7, 11) is -3.69. The van der Waals surface area contributed by atoms with E-state index < -0.39 is 45.5 Å². The number of aliphatic hydroxyl groups excluding tert-OH is 1. The number of carbonyl (C=O) groups is 3. The van der Waals surface area contributed by atoms with Crippen molar-refractivity contribution in [2.45, 2.75) is 148 Å². The van der Waals surface area contributed by atoms with Crippen LogP contribution >= 0.6 is 11.3 Å². The largest absolute Gasteiger partial charge is 0.391 e. The van der Waals surface area contributed by atoms with Crippen molar-refractivity contribution in [3.05, 3.63) is 70.9 Å². The number of nitrogens with zero attached hydrogens (tertiary/aromatic N) is 2. The second-order valence-corrected chi connectivity index (χ2v) is 19.4. The number of nitrogens with one attached hydrogen (secondary N) is 2. The van der Waals surface area contributed by atoms with Crippen LogP contribution in [0.1, 0.15) is 128 Å². The number of amides is 3. The van der Waals surface area contributed by atoms with Crippen molar-refractivity contribution < 1.29 is 36.8 Å². The molecule has 1 aromatic heterocycles. The number of rotatable bonds is 24. The Morgan fingerprint density at radius 1 is 0.864 bits per heavy atom. The topological polar surface area (TPSA) is 164 Å². The minimum atomic E-state index is -3.69. The second kappa shape index (κ2) is 23.3. The Hall–Kier alpha value is -3.69. The van der Waals surface area contributed by atoms with E-state index >= 15 is 0 Å². The van der Waals surface area contributed by atoms with Crippen molar-refractivity contribution in [3.8, 4) is 10.4 Å². The molecule has 1 fully saturated rings. The number of unbranched alkanes of at least 4 members (excludes halogenated alkanes) is 10. The fourth-order valence-corrected chi connectivity index (χ4v) is 8.98. The van der Waals surface area contributed by atoms with Crippen LogP contribution in [0.5, 0.6) is 0 Å². The van der Waals surface area contributed by atoms with Gasteiger partial charge in [0, 0.05) is 19.6 Å². The summed E-state index contributed by atoms with van der Waals surface area (Å²) in [6.45, 7) is 11.9. The van der Waals surface area contributed by atoms with Crippen LogP contribution in [0.15, 0.2) is 58.9 Å². The van der Waals surface area contributed by atoms with Crippen LogP contribution in [0.2, 0.25) is 0 Å². The van der Waals surface area contributed by atoms with Crippen LogP contribution in [-0.4, -0.2) is 85.7 Å². The van der Waals surface area contributed by atoms with E-state index in [1.165, 1.54) is 17.7 Å². The molecule has 2 aromatic carbocycles. The van der Waals surface area contributed by atoms with Crippen LogP contribution in [0, 0.1) is 19.3 Å². The van der Waals surface area contributed by atoms with Crippen LogP contribution in [-0.2, 0) is 33.4 Å². The summed E-state index contributed by atoms with van der Waals surface area (Å²) in [5, 5.41) is 16.5. The molecular weight excluding hydrogens is 789 g/mol. The quantitative estimate of drug-likeness (QED) is 0.0603. The van der Waals surface area contributed by atoms with Gasteiger partial charge in [-0.2, -0.15) is 8.42 Å². The van der Waals surface area contributed by atoms with Gasteiger partial charge in [0.2, 0.25) is 17.7 Å². The number of hydrogen-bond donors (Lipinski definition) is 3. The molecule has 0 radical (unpaired) electrons. The van der Waals surface area contributed by atoms with Crippen molar-refractivity contribution in [3.63, 3.8) is 0 Å². The number of likely N-dealkylation sites (tertiary alicyclic amines) is 1. The number of aryl methyl sites for hydroxylation is 2. The molecule has 1 aliphatic heterocycles. The van der Waals surface area contributed by atoms with Gasteiger partial charge in [0.25, 0.3) is 10.1 Å². The van der Waals surface area contributed by atoms with Gasteiger partial charge >= 0.3 is 0 Å². The number of ether oxygens (including phenoxy) is 1. The lowest BCUT2D eigenvalue weighted by Crippen LogP contribution is -2.58. The minimum absolute atomic E-state index is 0.00851. The van der Waals surface area contributed by atoms with Gasteiger partial charge < -0.3 is 25.4 Å². The van der Waals surface area contributed by atoms with E-state index in [0.29, 0.717) is 6.61 Å². The van der Waals surface area contributed by atoms with Crippen LogP contribution < -0.4 is 10.6 Å². The van der Waals surface area contributed by atoms with Crippen LogP contribution in [0.4, 0.5) is 0 Å². The third kappa shape index (κ3) is 15.4. The van der Waals surface area contributed by atoms with E-state index in [-0.39, 0.29) is 43.0 Å². The second-order valence-electron chi connectivity index (χ2n) is 16.9. The summed E-state index contributed by atoms with van der Waals surface area (Å²) >= 11 is 1.58. The molecule has 2 heterocycles. The number of carbonyl (C=O) groups excluding carboxylic acids is 3. The first-order valence-electron chi connectivity index (χ1n) is 21.2. The molecule has 4 atom stereocenters. The standard InChI is InChI=1S/C45H66N4O8S2/c1-32-18-24-38(25-19-32)59(54,55)57-27-17-15-13-11-9-7-8-10-12-14-16-26-56-30-40(51)48-42(45(4,5)6)44(53)49-29-37(50)28-39(49)43(52)47-33(2)35-20-22-36(23-21-35)41-34(3)46-31-58-41/h18-25,31,33,37,39,42,50H,7-17,26-30H2,1-6H3,(H,47,52)(H,48,51)/t33?,37-,39+,42?/m1/s1. The van der Waals surface area contributed by atoms with E-state index in [4.69, 9.17) is 8.92 Å². The van der Waals surface area contributed by atoms with Crippen molar-refractivity contribution in [1.29, 1.82) is 0 Å². The van der Waals surface area contributed by atoms with E-state index in [1.54, 1.807) is 35.6 Å². The maximum Gasteiger partial charge on any atom is 0.296 e. The molecule has 12 nitrogen and oxygen atoms in total. The zero-order valence-electron chi connectivity index (χ0n) is 35.8. The molecule has 1 saturated heterocycles. The highest BCUT2D eigenvalue weighted by molar-refractivity contribution is 7.86. The first-order valence-corrected chi connectivity index (χ1v) is 23.5. The van der Waals surface area contributed by atoms with Gasteiger partial charge in [0.05, 0.1) is 39.7 Å². The molecule has 0 aliphatic carbocycles. The maximum atomic E-state index is 14.0. The summed E-state index contributed by atoms with van der Waals surface area (Å²) in [5.41, 5.74) is 5.11. The molecule has 2 unspecified atom stereocenters. The van der Waals surface area contributed by atoms with Gasteiger partial charge in [-0.3, -0.25) is 18.6 Å². The zero-order valence-corrected chi connectivity index (χ0v) is 37.5. The Kier molecular flexibility index (Phi) is 19.0. The lowest BCUT2D eigenvalue weighted by Gasteiger charge is -2.35. The molecule has 3 amide bonds. The average molecular weight is 855 g/mol. The predicted octanol–water partition coefficient (Wildman–Crippen LogP) is 7.81. The van der Waals surface area contributed by atoms with Gasteiger partial charge in [-0.25, -0.2) is 4.98 Å². The van der Waals surface area contributed by atoms with Crippen molar-refractivity contribution in [2.24, 2.45) is 5.41 Å². The number of aromatic nitrogens is 1. The van der Waals surface area contributed by atoms with Gasteiger partial charge in [-0.05, 0) is 62.3 Å². The van der Waals surface area contributed by atoms with E-state index in [0.717, 1.165) is 85.0 Å². The summed E-state index contributed by atoms with van der Waals surface area (Å²) < 4.78 is 35.4. The number of β-amino-alcohol motifs (C(OH)–C–C–N with tert-alkyl or cyclic N) is 1. The molecule has 0 bridgehead atoms.